The van der Waals surface area contributed by atoms with Crippen molar-refractivity contribution >= 4 is 34.7 Å². The first-order chi connectivity index (χ1) is 8.61. The van der Waals surface area contributed by atoms with E-state index in [0.29, 0.717) is 5.82 Å². The molecular formula is C11H10Cl2N4O. The van der Waals surface area contributed by atoms with Gasteiger partial charge in [-0.25, -0.2) is 0 Å². The number of aromatic nitrogens is 3. The minimum absolute atomic E-state index is 0.0455. The van der Waals surface area contributed by atoms with Crippen molar-refractivity contribution in [2.45, 2.75) is 0 Å². The topological polar surface area (TPSA) is 51.1 Å². The Morgan fingerprint density at radius 2 is 2.00 bits per heavy atom. The van der Waals surface area contributed by atoms with Crippen molar-refractivity contribution in [2.24, 2.45) is 0 Å². The number of halogens is 2. The maximum atomic E-state index is 5.95. The molecule has 1 aromatic heterocycles. The SMILES string of the molecule is COc1cccc(N(C)c2nc(Cl)nnc2Cl)c1. The molecule has 2 rings (SSSR count). The first-order valence-corrected chi connectivity index (χ1v) is 5.81. The lowest BCUT2D eigenvalue weighted by molar-refractivity contribution is 0.415. The molecule has 1 heterocycles. The maximum Gasteiger partial charge on any atom is 0.245 e. The van der Waals surface area contributed by atoms with Crippen LogP contribution in [0.1, 0.15) is 0 Å². The van der Waals surface area contributed by atoms with Crippen molar-refractivity contribution < 1.29 is 4.74 Å². The highest BCUT2D eigenvalue weighted by Crippen LogP contribution is 2.29. The molecule has 1 aromatic carbocycles. The molecule has 0 N–H and O–H groups in total. The number of nitrogens with zero attached hydrogens (tertiary/aromatic N) is 4. The second-order valence-electron chi connectivity index (χ2n) is 3.46. The summed E-state index contributed by atoms with van der Waals surface area (Å²) in [4.78, 5) is 5.80. The first-order valence-electron chi connectivity index (χ1n) is 5.05. The summed E-state index contributed by atoms with van der Waals surface area (Å²) < 4.78 is 5.16. The summed E-state index contributed by atoms with van der Waals surface area (Å²) in [5.41, 5.74) is 0.854. The molecule has 0 bridgehead atoms. The Hall–Kier alpha value is -1.59. The second-order valence-corrected chi connectivity index (χ2v) is 4.15. The summed E-state index contributed by atoms with van der Waals surface area (Å²) >= 11 is 11.7. The van der Waals surface area contributed by atoms with Gasteiger partial charge in [0.2, 0.25) is 5.28 Å². The fourth-order valence-electron chi connectivity index (χ4n) is 1.44. The van der Waals surface area contributed by atoms with Gasteiger partial charge in [0.1, 0.15) is 5.75 Å². The Morgan fingerprint density at radius 1 is 1.22 bits per heavy atom. The number of benzene rings is 1. The largest absolute Gasteiger partial charge is 0.497 e. The lowest BCUT2D eigenvalue weighted by Gasteiger charge is -2.19. The summed E-state index contributed by atoms with van der Waals surface area (Å²) in [7, 11) is 3.41. The lowest BCUT2D eigenvalue weighted by Crippen LogP contribution is -2.13. The Kier molecular flexibility index (Phi) is 3.84. The van der Waals surface area contributed by atoms with Crippen LogP contribution in [0.4, 0.5) is 11.5 Å². The monoisotopic (exact) mass is 284 g/mol. The molecule has 0 amide bonds. The molecule has 0 radical (unpaired) electrons. The van der Waals surface area contributed by atoms with Gasteiger partial charge in [0.25, 0.3) is 0 Å². The molecular weight excluding hydrogens is 275 g/mol. The van der Waals surface area contributed by atoms with Gasteiger partial charge >= 0.3 is 0 Å². The number of methoxy groups -OCH3 is 1. The van der Waals surface area contributed by atoms with E-state index in [4.69, 9.17) is 27.9 Å². The summed E-state index contributed by atoms with van der Waals surface area (Å²) in [5.74, 6) is 1.17. The van der Waals surface area contributed by atoms with E-state index in [-0.39, 0.29) is 10.4 Å². The molecule has 0 saturated heterocycles. The summed E-state index contributed by atoms with van der Waals surface area (Å²) in [6, 6.07) is 7.47. The van der Waals surface area contributed by atoms with Gasteiger partial charge < -0.3 is 9.64 Å². The zero-order chi connectivity index (χ0) is 13.1. The number of hydrogen-bond acceptors (Lipinski definition) is 5. The van der Waals surface area contributed by atoms with E-state index in [1.165, 1.54) is 0 Å². The molecule has 0 saturated carbocycles. The summed E-state index contributed by atoms with van der Waals surface area (Å²) in [6.07, 6.45) is 0. The molecule has 94 valence electrons. The molecule has 7 heteroatoms. The van der Waals surface area contributed by atoms with Gasteiger partial charge in [0.05, 0.1) is 7.11 Å². The third-order valence-electron chi connectivity index (χ3n) is 2.36. The van der Waals surface area contributed by atoms with Crippen LogP contribution in [-0.2, 0) is 0 Å². The van der Waals surface area contributed by atoms with Crippen molar-refractivity contribution in [3.8, 4) is 5.75 Å². The third kappa shape index (κ3) is 2.63. The Labute approximate surface area is 114 Å². The van der Waals surface area contributed by atoms with Crippen molar-refractivity contribution in [3.05, 3.63) is 34.7 Å². The van der Waals surface area contributed by atoms with Gasteiger partial charge in [-0.1, -0.05) is 17.7 Å². The van der Waals surface area contributed by atoms with Crippen LogP contribution in [0.5, 0.6) is 5.75 Å². The molecule has 0 fully saturated rings. The second kappa shape index (κ2) is 5.37. The molecule has 0 aliphatic carbocycles. The predicted octanol–water partition coefficient (Wildman–Crippen LogP) is 2.95. The molecule has 18 heavy (non-hydrogen) atoms. The van der Waals surface area contributed by atoms with E-state index in [1.807, 2.05) is 24.3 Å². The van der Waals surface area contributed by atoms with Crippen LogP contribution in [0.2, 0.25) is 10.4 Å². The Morgan fingerprint density at radius 3 is 2.72 bits per heavy atom. The molecule has 5 nitrogen and oxygen atoms in total. The first kappa shape index (κ1) is 12.9. The Balaban J connectivity index is 2.40. The summed E-state index contributed by atoms with van der Waals surface area (Å²) in [5, 5.41) is 7.52. The van der Waals surface area contributed by atoms with E-state index >= 15 is 0 Å². The minimum Gasteiger partial charge on any atom is -0.497 e. The van der Waals surface area contributed by atoms with E-state index in [1.54, 1.807) is 19.1 Å². The van der Waals surface area contributed by atoms with Gasteiger partial charge in [-0.05, 0) is 23.7 Å². The highest BCUT2D eigenvalue weighted by molar-refractivity contribution is 6.32. The van der Waals surface area contributed by atoms with Gasteiger partial charge in [-0.15, -0.1) is 10.2 Å². The zero-order valence-corrected chi connectivity index (χ0v) is 11.3. The third-order valence-corrected chi connectivity index (χ3v) is 2.77. The van der Waals surface area contributed by atoms with E-state index in [9.17, 15) is 0 Å². The lowest BCUT2D eigenvalue weighted by atomic mass is 10.3. The Bertz CT molecular complexity index is 564. The average Bonchev–Trinajstić information content (AvgIpc) is 2.41. The minimum atomic E-state index is 0.0455. The molecule has 0 spiro atoms. The fourth-order valence-corrected chi connectivity index (χ4v) is 1.77. The van der Waals surface area contributed by atoms with Gasteiger partial charge in [0.15, 0.2) is 11.0 Å². The van der Waals surface area contributed by atoms with Crippen molar-refractivity contribution in [2.75, 3.05) is 19.1 Å². The van der Waals surface area contributed by atoms with E-state index < -0.39 is 0 Å². The zero-order valence-electron chi connectivity index (χ0n) is 9.76. The van der Waals surface area contributed by atoms with Crippen molar-refractivity contribution in [1.29, 1.82) is 0 Å². The highest BCUT2D eigenvalue weighted by atomic mass is 35.5. The smallest absolute Gasteiger partial charge is 0.245 e. The van der Waals surface area contributed by atoms with Crippen LogP contribution < -0.4 is 9.64 Å². The molecule has 0 atom stereocenters. The van der Waals surface area contributed by atoms with Crippen molar-refractivity contribution in [1.82, 2.24) is 15.2 Å². The van der Waals surface area contributed by atoms with Crippen LogP contribution in [0.3, 0.4) is 0 Å². The van der Waals surface area contributed by atoms with Crippen LogP contribution in [0.15, 0.2) is 24.3 Å². The van der Waals surface area contributed by atoms with E-state index in [0.717, 1.165) is 11.4 Å². The number of ether oxygens (including phenoxy) is 1. The number of rotatable bonds is 3. The van der Waals surface area contributed by atoms with Crippen LogP contribution >= 0.6 is 23.2 Å². The number of hydrogen-bond donors (Lipinski definition) is 0. The maximum absolute atomic E-state index is 5.95. The van der Waals surface area contributed by atoms with Crippen LogP contribution in [0.25, 0.3) is 0 Å². The quantitative estimate of drug-likeness (QED) is 0.867. The van der Waals surface area contributed by atoms with Gasteiger partial charge in [-0.3, -0.25) is 0 Å². The molecule has 2 aromatic rings. The standard InChI is InChI=1S/C11H10Cl2N4O/c1-17(7-4-3-5-8(6-7)18-2)10-9(12)15-16-11(13)14-10/h3-6H,1-2H3. The van der Waals surface area contributed by atoms with Crippen molar-refractivity contribution in [3.63, 3.8) is 0 Å². The molecule has 0 aliphatic rings. The average molecular weight is 285 g/mol. The van der Waals surface area contributed by atoms with Gasteiger partial charge in [-0.2, -0.15) is 4.98 Å². The van der Waals surface area contributed by atoms with E-state index in [2.05, 4.69) is 15.2 Å². The normalized spacial score (nSPS) is 10.2. The van der Waals surface area contributed by atoms with Crippen LogP contribution in [0, 0.1) is 0 Å². The number of anilines is 2. The predicted molar refractivity (Wildman–Crippen MR) is 70.9 cm³/mol. The van der Waals surface area contributed by atoms with Crippen LogP contribution in [-0.4, -0.2) is 29.3 Å². The summed E-state index contributed by atoms with van der Waals surface area (Å²) in [6.45, 7) is 0. The fraction of sp³-hybridized carbons (Fsp3) is 0.182. The molecule has 0 aliphatic heterocycles. The van der Waals surface area contributed by atoms with Gasteiger partial charge in [0, 0.05) is 18.8 Å². The highest BCUT2D eigenvalue weighted by Gasteiger charge is 2.13. The molecule has 0 unspecified atom stereocenters.